The van der Waals surface area contributed by atoms with Crippen LogP contribution in [-0.4, -0.2) is 58.5 Å². The molecule has 4 aliphatic rings. The summed E-state index contributed by atoms with van der Waals surface area (Å²) < 4.78 is 11.6. The molecule has 6 rings (SSSR count). The molecule has 2 saturated heterocycles. The van der Waals surface area contributed by atoms with Crippen LogP contribution in [0.15, 0.2) is 60.9 Å². The molecule has 3 aliphatic heterocycles. The Morgan fingerprint density at radius 1 is 1.13 bits per heavy atom. The number of anilines is 1. The largest absolute Gasteiger partial charge is 0.497 e. The van der Waals surface area contributed by atoms with Gasteiger partial charge in [0.1, 0.15) is 17.4 Å². The molecule has 1 aliphatic carbocycles. The van der Waals surface area contributed by atoms with Crippen LogP contribution in [0.5, 0.6) is 5.75 Å². The molecule has 3 fully saturated rings. The number of ether oxygens (including phenoxy) is 2. The number of hydrogen-bond acceptors (Lipinski definition) is 6. The predicted octanol–water partition coefficient (Wildman–Crippen LogP) is 2.83. The lowest BCUT2D eigenvalue weighted by Gasteiger charge is -2.34. The highest BCUT2D eigenvalue weighted by molar-refractivity contribution is 6.02. The summed E-state index contributed by atoms with van der Waals surface area (Å²) in [4.78, 5) is 47.2. The minimum atomic E-state index is -1.19. The van der Waals surface area contributed by atoms with Crippen molar-refractivity contribution >= 4 is 23.4 Å². The second-order valence-corrected chi connectivity index (χ2v) is 10.6. The summed E-state index contributed by atoms with van der Waals surface area (Å²) >= 11 is 0. The Morgan fingerprint density at radius 2 is 1.92 bits per heavy atom. The highest BCUT2D eigenvalue weighted by Gasteiger charge is 2.72. The number of fused-ring (bicyclic) bond motifs is 1. The highest BCUT2D eigenvalue weighted by Crippen LogP contribution is 2.55. The zero-order valence-corrected chi connectivity index (χ0v) is 21.3. The van der Waals surface area contributed by atoms with Crippen molar-refractivity contribution in [1.82, 2.24) is 15.2 Å². The molecule has 9 heteroatoms. The average Bonchev–Trinajstić information content (AvgIpc) is 3.58. The van der Waals surface area contributed by atoms with E-state index in [0.29, 0.717) is 11.4 Å². The van der Waals surface area contributed by atoms with Crippen LogP contribution in [0.3, 0.4) is 0 Å². The van der Waals surface area contributed by atoms with Gasteiger partial charge in [0.2, 0.25) is 17.7 Å². The van der Waals surface area contributed by atoms with Crippen molar-refractivity contribution in [3.05, 3.63) is 66.5 Å². The second kappa shape index (κ2) is 9.87. The number of carbonyl (C=O) groups is 3. The maximum atomic E-state index is 14.0. The molecular formula is C29H32N4O5. The van der Waals surface area contributed by atoms with Gasteiger partial charge in [-0.05, 0) is 48.7 Å². The van der Waals surface area contributed by atoms with E-state index < -0.39 is 29.6 Å². The quantitative estimate of drug-likeness (QED) is 0.548. The molecule has 9 nitrogen and oxygen atoms in total. The Kier molecular flexibility index (Phi) is 6.39. The molecule has 1 saturated carbocycles. The minimum absolute atomic E-state index is 0.0822. The summed E-state index contributed by atoms with van der Waals surface area (Å²) in [5.41, 5.74) is 0.219. The fraction of sp³-hybridized carbons (Fsp3) is 0.448. The van der Waals surface area contributed by atoms with Crippen LogP contribution in [0.25, 0.3) is 0 Å². The van der Waals surface area contributed by atoms with Crippen LogP contribution in [0.2, 0.25) is 0 Å². The lowest BCUT2D eigenvalue weighted by molar-refractivity contribution is -0.142. The normalized spacial score (nSPS) is 29.8. The van der Waals surface area contributed by atoms with Gasteiger partial charge in [0.15, 0.2) is 0 Å². The van der Waals surface area contributed by atoms with E-state index in [1.54, 1.807) is 54.7 Å². The number of aromatic nitrogens is 1. The molecule has 5 atom stereocenters. The molecular weight excluding hydrogens is 484 g/mol. The van der Waals surface area contributed by atoms with Gasteiger partial charge in [0, 0.05) is 30.7 Å². The van der Waals surface area contributed by atoms with E-state index in [4.69, 9.17) is 9.47 Å². The van der Waals surface area contributed by atoms with E-state index in [9.17, 15) is 14.4 Å². The molecule has 2 bridgehead atoms. The standard InChI is InChI=1S/C29H32N4O5/c1-37-21-11-9-20(10-12-21)31-26(34)23-22-13-14-29(38-22)24(23)28(36)33(17-18-6-5-15-30-16-18)25(29)27(35)32-19-7-3-2-4-8-19/h5-6,9-16,19,22-25H,2-4,7-8,17H2,1H3,(H,31,34)(H,32,35)/t22-,23-,24-,25+,29-/m1/s1. The average molecular weight is 517 g/mol. The third kappa shape index (κ3) is 4.15. The van der Waals surface area contributed by atoms with E-state index in [1.165, 1.54) is 6.42 Å². The van der Waals surface area contributed by atoms with Gasteiger partial charge in [0.05, 0.1) is 25.0 Å². The number of carbonyl (C=O) groups excluding carboxylic acids is 3. The number of rotatable bonds is 7. The molecule has 1 aromatic carbocycles. The number of amides is 3. The molecule has 2 aromatic rings. The van der Waals surface area contributed by atoms with E-state index in [0.717, 1.165) is 31.2 Å². The Bertz CT molecular complexity index is 1240. The molecule has 1 spiro atoms. The number of nitrogens with one attached hydrogen (secondary N) is 2. The van der Waals surface area contributed by atoms with Gasteiger partial charge in [0.25, 0.3) is 0 Å². The Balaban J connectivity index is 1.30. The topological polar surface area (TPSA) is 110 Å². The van der Waals surface area contributed by atoms with Crippen molar-refractivity contribution in [2.75, 3.05) is 12.4 Å². The first-order valence-electron chi connectivity index (χ1n) is 13.3. The van der Waals surface area contributed by atoms with E-state index in [-0.39, 0.29) is 30.3 Å². The number of pyridine rings is 1. The van der Waals surface area contributed by atoms with Crippen LogP contribution in [0.4, 0.5) is 5.69 Å². The number of hydrogen-bond donors (Lipinski definition) is 2. The maximum absolute atomic E-state index is 14.0. The lowest BCUT2D eigenvalue weighted by Crippen LogP contribution is -2.56. The fourth-order valence-corrected chi connectivity index (χ4v) is 6.55. The summed E-state index contributed by atoms with van der Waals surface area (Å²) in [7, 11) is 1.58. The molecule has 2 N–H and O–H groups in total. The number of nitrogens with zero attached hydrogens (tertiary/aromatic N) is 2. The van der Waals surface area contributed by atoms with Crippen molar-refractivity contribution in [1.29, 1.82) is 0 Å². The van der Waals surface area contributed by atoms with E-state index >= 15 is 0 Å². The van der Waals surface area contributed by atoms with Gasteiger partial charge < -0.3 is 25.0 Å². The lowest BCUT2D eigenvalue weighted by atomic mass is 9.74. The van der Waals surface area contributed by atoms with Crippen LogP contribution < -0.4 is 15.4 Å². The first-order chi connectivity index (χ1) is 18.5. The maximum Gasteiger partial charge on any atom is 0.246 e. The number of likely N-dealkylation sites (tertiary alicyclic amines) is 1. The highest BCUT2D eigenvalue weighted by atomic mass is 16.5. The van der Waals surface area contributed by atoms with Crippen LogP contribution >= 0.6 is 0 Å². The minimum Gasteiger partial charge on any atom is -0.497 e. The first kappa shape index (κ1) is 24.6. The summed E-state index contributed by atoms with van der Waals surface area (Å²) in [5.74, 6) is -1.65. The summed E-state index contributed by atoms with van der Waals surface area (Å²) in [6.45, 7) is 0.211. The third-order valence-corrected chi connectivity index (χ3v) is 8.31. The van der Waals surface area contributed by atoms with Gasteiger partial charge in [-0.15, -0.1) is 0 Å². The zero-order chi connectivity index (χ0) is 26.3. The van der Waals surface area contributed by atoms with Gasteiger partial charge in [-0.25, -0.2) is 0 Å². The fourth-order valence-electron chi connectivity index (χ4n) is 6.55. The summed E-state index contributed by atoms with van der Waals surface area (Å²) in [6, 6.07) is 9.92. The number of benzene rings is 1. The summed E-state index contributed by atoms with van der Waals surface area (Å²) in [6.07, 6.45) is 11.6. The smallest absolute Gasteiger partial charge is 0.246 e. The number of methoxy groups -OCH3 is 1. The Labute approximate surface area is 221 Å². The van der Waals surface area contributed by atoms with Gasteiger partial charge in [-0.3, -0.25) is 19.4 Å². The van der Waals surface area contributed by atoms with E-state index in [2.05, 4.69) is 15.6 Å². The monoisotopic (exact) mass is 516 g/mol. The molecule has 4 heterocycles. The molecule has 0 unspecified atom stereocenters. The van der Waals surface area contributed by atoms with Crippen molar-refractivity contribution < 1.29 is 23.9 Å². The van der Waals surface area contributed by atoms with Gasteiger partial charge in [-0.2, -0.15) is 0 Å². The predicted molar refractivity (Wildman–Crippen MR) is 139 cm³/mol. The molecule has 0 radical (unpaired) electrons. The van der Waals surface area contributed by atoms with Gasteiger partial charge in [-0.1, -0.05) is 37.5 Å². The van der Waals surface area contributed by atoms with Crippen molar-refractivity contribution in [2.24, 2.45) is 11.8 Å². The second-order valence-electron chi connectivity index (χ2n) is 10.6. The van der Waals surface area contributed by atoms with Crippen LogP contribution in [0.1, 0.15) is 37.7 Å². The SMILES string of the molecule is COc1ccc(NC(=O)[C@@H]2[C@H]3C=C[C@]4(O3)[C@H](C(=O)NC3CCCCC3)N(Cc3cccnc3)C(=O)[C@@H]24)cc1. The molecule has 198 valence electrons. The third-order valence-electron chi connectivity index (χ3n) is 8.31. The molecule has 1 aromatic heterocycles. The van der Waals surface area contributed by atoms with Crippen molar-refractivity contribution in [2.45, 2.75) is 62.4 Å². The zero-order valence-electron chi connectivity index (χ0n) is 21.3. The van der Waals surface area contributed by atoms with Crippen molar-refractivity contribution in [3.63, 3.8) is 0 Å². The molecule has 3 amide bonds. The van der Waals surface area contributed by atoms with Crippen LogP contribution in [0, 0.1) is 11.8 Å². The van der Waals surface area contributed by atoms with Crippen molar-refractivity contribution in [3.8, 4) is 5.75 Å². The summed E-state index contributed by atoms with van der Waals surface area (Å²) in [5, 5.41) is 6.14. The van der Waals surface area contributed by atoms with E-state index in [1.807, 2.05) is 18.2 Å². The first-order valence-corrected chi connectivity index (χ1v) is 13.3. The Hall–Kier alpha value is -3.72. The molecule has 38 heavy (non-hydrogen) atoms. The van der Waals surface area contributed by atoms with Crippen LogP contribution in [-0.2, 0) is 25.7 Å². The Morgan fingerprint density at radius 3 is 2.63 bits per heavy atom. The van der Waals surface area contributed by atoms with Gasteiger partial charge >= 0.3 is 0 Å².